The van der Waals surface area contributed by atoms with Gasteiger partial charge in [0.1, 0.15) is 48.2 Å². The molecular weight excluding hydrogens is 1060 g/mol. The molecule has 4 aromatic carbocycles. The number of aromatic nitrogens is 6. The van der Waals surface area contributed by atoms with Crippen LogP contribution in [-0.2, 0) is 56.5 Å². The molecule has 37 heteroatoms. The molecule has 70 heavy (non-hydrogen) atoms. The number of nitrogen functional groups attached to an aromatic ring is 1. The van der Waals surface area contributed by atoms with Gasteiger partial charge in [-0.05, 0) is 77.5 Å². The summed E-state index contributed by atoms with van der Waals surface area (Å²) in [5.41, 5.74) is 12.0. The number of benzene rings is 4. The SMILES string of the molecule is Cc1cc(S(=O)(=O)O)c(N=Nc2ccc3cc(S(=O)(=O)O)c(N=Nc4cc(Nc5nc(Cl)nc(NCC(N)=O)n5)c(S(=O)(=O)O)cc4S(=O)(=O)O)c(N)c3c2O)cc1Nc1nc(Cl)nc(CC(N)=O)n1. The molecule has 0 saturated carbocycles. The molecule has 0 spiro atoms. The molecule has 6 rings (SSSR count). The molecule has 2 heterocycles. The lowest BCUT2D eigenvalue weighted by Gasteiger charge is -2.14. The third kappa shape index (κ3) is 12.2. The van der Waals surface area contributed by atoms with Gasteiger partial charge >= 0.3 is 0 Å². The first-order chi connectivity index (χ1) is 32.4. The van der Waals surface area contributed by atoms with Crippen LogP contribution in [0, 0.1) is 6.92 Å². The Morgan fingerprint density at radius 1 is 0.614 bits per heavy atom. The maximum absolute atomic E-state index is 12.7. The van der Waals surface area contributed by atoms with Gasteiger partial charge in [0.05, 0.1) is 29.7 Å². The van der Waals surface area contributed by atoms with Crippen molar-refractivity contribution in [2.45, 2.75) is 32.9 Å². The summed E-state index contributed by atoms with van der Waals surface area (Å²) < 4.78 is 141. The van der Waals surface area contributed by atoms with E-state index in [1.807, 2.05) is 0 Å². The van der Waals surface area contributed by atoms with Crippen molar-refractivity contribution in [2.75, 3.05) is 28.2 Å². The minimum absolute atomic E-state index is 0.0413. The molecule has 14 N–H and O–H groups in total. The number of rotatable bonds is 17. The van der Waals surface area contributed by atoms with E-state index in [0.717, 1.165) is 30.3 Å². The largest absolute Gasteiger partial charge is 0.505 e. The molecule has 2 amide bonds. The number of hydrogen-bond donors (Lipinski definition) is 11. The minimum Gasteiger partial charge on any atom is -0.505 e. The van der Waals surface area contributed by atoms with Crippen LogP contribution >= 0.6 is 23.2 Å². The van der Waals surface area contributed by atoms with Gasteiger partial charge in [0.2, 0.25) is 40.2 Å². The number of amides is 2. The van der Waals surface area contributed by atoms with E-state index in [1.54, 1.807) is 0 Å². The summed E-state index contributed by atoms with van der Waals surface area (Å²) in [7, 11) is -21.3. The highest BCUT2D eigenvalue weighted by atomic mass is 35.5. The molecule has 0 unspecified atom stereocenters. The molecule has 0 aliphatic carbocycles. The fourth-order valence-corrected chi connectivity index (χ4v) is 8.92. The van der Waals surface area contributed by atoms with Gasteiger partial charge in [-0.1, -0.05) is 6.07 Å². The third-order valence-electron chi connectivity index (χ3n) is 8.74. The van der Waals surface area contributed by atoms with Crippen molar-refractivity contribution in [3.05, 3.63) is 64.4 Å². The molecule has 6 aromatic rings. The molecule has 31 nitrogen and oxygen atoms in total. The van der Waals surface area contributed by atoms with Crippen LogP contribution in [0.1, 0.15) is 11.4 Å². The van der Waals surface area contributed by atoms with Crippen molar-refractivity contribution in [3.63, 3.8) is 0 Å². The van der Waals surface area contributed by atoms with E-state index in [2.05, 4.69) is 66.3 Å². The first-order valence-electron chi connectivity index (χ1n) is 18.2. The van der Waals surface area contributed by atoms with Crippen LogP contribution in [0.3, 0.4) is 0 Å². The zero-order valence-electron chi connectivity index (χ0n) is 34.4. The molecule has 2 aromatic heterocycles. The van der Waals surface area contributed by atoms with Crippen LogP contribution in [0.25, 0.3) is 10.8 Å². The second-order valence-corrected chi connectivity index (χ2v) is 20.0. The van der Waals surface area contributed by atoms with E-state index in [4.69, 9.17) is 40.4 Å². The van der Waals surface area contributed by atoms with Gasteiger partial charge in [-0.25, -0.2) is 4.98 Å². The number of nitrogens with two attached hydrogens (primary N) is 3. The summed E-state index contributed by atoms with van der Waals surface area (Å²) in [5.74, 6) is -3.97. The van der Waals surface area contributed by atoms with Gasteiger partial charge < -0.3 is 38.3 Å². The normalized spacial score (nSPS) is 12.4. The number of nitrogens with zero attached hydrogens (tertiary/aromatic N) is 10. The second-order valence-electron chi connectivity index (χ2n) is 13.7. The Labute approximate surface area is 401 Å². The number of hydrogen-bond acceptors (Lipinski definition) is 25. The van der Waals surface area contributed by atoms with E-state index in [9.17, 15) is 66.6 Å². The summed E-state index contributed by atoms with van der Waals surface area (Å²) in [6.45, 7) is 0.885. The lowest BCUT2D eigenvalue weighted by molar-refractivity contribution is -0.117. The number of carbonyl (C=O) groups is 2. The zero-order valence-corrected chi connectivity index (χ0v) is 39.1. The maximum Gasteiger partial charge on any atom is 0.296 e. The molecule has 0 atom stereocenters. The fourth-order valence-electron chi connectivity index (χ4n) is 5.86. The summed E-state index contributed by atoms with van der Waals surface area (Å²) in [6.07, 6.45) is -0.429. The topological polar surface area (TPSA) is 513 Å². The Balaban J connectivity index is 1.48. The van der Waals surface area contributed by atoms with Crippen LogP contribution < -0.4 is 33.2 Å². The van der Waals surface area contributed by atoms with Crippen LogP contribution in [0.5, 0.6) is 5.75 Å². The lowest BCUT2D eigenvalue weighted by Crippen LogP contribution is -2.23. The van der Waals surface area contributed by atoms with Crippen molar-refractivity contribution in [3.8, 4) is 5.75 Å². The molecule has 0 aliphatic heterocycles. The zero-order chi connectivity index (χ0) is 51.8. The highest BCUT2D eigenvalue weighted by Crippen LogP contribution is 2.46. The number of aromatic hydroxyl groups is 1. The van der Waals surface area contributed by atoms with Gasteiger partial charge in [-0.3, -0.25) is 27.8 Å². The van der Waals surface area contributed by atoms with Crippen LogP contribution in [0.2, 0.25) is 10.6 Å². The number of carbonyl (C=O) groups excluding carboxylic acids is 2. The Kier molecular flexibility index (Phi) is 14.5. The molecule has 0 aliphatic rings. The first-order valence-corrected chi connectivity index (χ1v) is 24.7. The number of aryl methyl sites for hydroxylation is 1. The number of halogens is 2. The van der Waals surface area contributed by atoms with Crippen molar-refractivity contribution in [1.29, 1.82) is 0 Å². The first kappa shape index (κ1) is 51.9. The lowest BCUT2D eigenvalue weighted by atomic mass is 10.1. The van der Waals surface area contributed by atoms with Gasteiger partial charge in [-0.2, -0.15) is 58.6 Å². The predicted octanol–water partition coefficient (Wildman–Crippen LogP) is 3.34. The van der Waals surface area contributed by atoms with Gasteiger partial charge in [0, 0.05) is 5.69 Å². The van der Waals surface area contributed by atoms with Crippen LogP contribution in [-0.4, -0.2) is 105 Å². The standard InChI is InChI=1S/C33H28Cl2N16O15S4/c1-11-4-18(67(55,56)57)16(6-14(11)40-32-43-24(9-22(36)52)42-29(34)45-32)49-48-13-3-2-12-5-21(70(64,65)66)27(26(38)25(12)28(13)54)51-50-17-7-15(19(68(58,59)60)8-20(17)69(61,62)63)41-33-46-30(35)44-31(47-33)39-10-23(37)53/h2-8,54H,9-10,38H2,1H3,(H2,36,52)(H2,37,53)(H,55,56,57)(H,58,59,60)(H,61,62,63)(H,64,65,66)(H,40,42,43,45)(H2,39,41,44,46,47). The maximum atomic E-state index is 12.7. The van der Waals surface area contributed by atoms with Crippen LogP contribution in [0.15, 0.2) is 82.5 Å². The molecule has 0 bridgehead atoms. The summed E-state index contributed by atoms with van der Waals surface area (Å²) in [4.78, 5) is 41.1. The summed E-state index contributed by atoms with van der Waals surface area (Å²) in [5, 5.41) is 32.3. The number of phenols is 1. The van der Waals surface area contributed by atoms with Gasteiger partial charge in [-0.15, -0.1) is 20.5 Å². The Bertz CT molecular complexity index is 3740. The van der Waals surface area contributed by atoms with E-state index in [0.29, 0.717) is 6.07 Å². The molecular formula is C33H28Cl2N16O15S4. The number of fused-ring (bicyclic) bond motifs is 1. The minimum atomic E-state index is -5.53. The Hall–Kier alpha value is -7.48. The molecule has 0 saturated heterocycles. The average Bonchev–Trinajstić information content (AvgIpc) is 3.20. The van der Waals surface area contributed by atoms with Crippen molar-refractivity contribution < 1.29 is 66.6 Å². The number of anilines is 6. The summed E-state index contributed by atoms with van der Waals surface area (Å²) >= 11 is 11.9. The average molecular weight is 1090 g/mol. The number of azo groups is 2. The monoisotopic (exact) mass is 1090 g/mol. The van der Waals surface area contributed by atoms with Gasteiger partial charge in [0.25, 0.3) is 40.5 Å². The predicted molar refractivity (Wildman–Crippen MR) is 242 cm³/mol. The van der Waals surface area contributed by atoms with E-state index < -0.39 is 147 Å². The van der Waals surface area contributed by atoms with Crippen LogP contribution in [0.4, 0.5) is 57.7 Å². The quantitative estimate of drug-likeness (QED) is 0.0354. The van der Waals surface area contributed by atoms with E-state index >= 15 is 0 Å². The molecule has 0 radical (unpaired) electrons. The Morgan fingerprint density at radius 3 is 1.71 bits per heavy atom. The second kappa shape index (κ2) is 19.5. The highest BCUT2D eigenvalue weighted by Gasteiger charge is 2.28. The Morgan fingerprint density at radius 2 is 1.13 bits per heavy atom. The number of phenolic OH excluding ortho intramolecular Hbond substituents is 1. The molecule has 368 valence electrons. The van der Waals surface area contributed by atoms with Crippen molar-refractivity contribution in [1.82, 2.24) is 29.9 Å². The van der Waals surface area contributed by atoms with Crippen molar-refractivity contribution in [2.24, 2.45) is 31.9 Å². The van der Waals surface area contributed by atoms with Crippen molar-refractivity contribution >= 4 is 144 Å². The molecule has 0 fully saturated rings. The fraction of sp³-hybridized carbons (Fsp3) is 0.0909. The smallest absolute Gasteiger partial charge is 0.296 e. The summed E-state index contributed by atoms with van der Waals surface area (Å²) in [6, 6.07) is 5.60. The number of primary amides is 2. The van der Waals surface area contributed by atoms with Gasteiger partial charge in [0.15, 0.2) is 5.75 Å². The highest BCUT2D eigenvalue weighted by molar-refractivity contribution is 7.87. The third-order valence-corrected chi connectivity index (χ3v) is 12.6. The number of nitrogens with one attached hydrogen (secondary N) is 3. The van der Waals surface area contributed by atoms with E-state index in [-0.39, 0.29) is 39.8 Å². The van der Waals surface area contributed by atoms with E-state index in [1.165, 1.54) is 6.92 Å².